The molecule has 0 rings (SSSR count). The van der Waals surface area contributed by atoms with Crippen molar-refractivity contribution in [3.8, 4) is 0 Å². The first-order chi connectivity index (χ1) is 4.42. The van der Waals surface area contributed by atoms with Gasteiger partial charge in [-0.15, -0.1) is 12.4 Å². The first-order valence-electron chi connectivity index (χ1n) is 3.35. The third-order valence-corrected chi connectivity index (χ3v) is 1.86. The minimum Gasteiger partial charge on any atom is -0.330 e. The summed E-state index contributed by atoms with van der Waals surface area (Å²) in [5, 5.41) is 0.216. The Bertz CT molecular complexity index is 122. The van der Waals surface area contributed by atoms with Crippen LogP contribution in [-0.4, -0.2) is 43.0 Å². The number of hydrogen-bond donors (Lipinski definition) is 0. The van der Waals surface area contributed by atoms with Crippen LogP contribution < -0.4 is 0 Å². The van der Waals surface area contributed by atoms with E-state index in [2.05, 4.69) is 21.1 Å². The molecule has 0 spiro atoms. The van der Waals surface area contributed by atoms with Crippen LogP contribution in [0.15, 0.2) is 0 Å². The van der Waals surface area contributed by atoms with E-state index in [9.17, 15) is 4.79 Å². The fraction of sp³-hybridized carbons (Fsp3) is 0.857. The van der Waals surface area contributed by atoms with Crippen LogP contribution in [0.2, 0.25) is 0 Å². The molecule has 0 bridgehead atoms. The Morgan fingerprint density at radius 2 is 1.82 bits per heavy atom. The minimum atomic E-state index is 0. The molecule has 0 aliphatic heterocycles. The van der Waals surface area contributed by atoms with Crippen LogP contribution in [0.1, 0.15) is 6.92 Å². The number of rotatable bonds is 3. The number of carbonyl (C=O) groups excluding carboxylic acids is 1. The summed E-state index contributed by atoms with van der Waals surface area (Å²) in [4.78, 5) is 10.5. The highest BCUT2D eigenvalue weighted by Crippen LogP contribution is 2.02. The zero-order chi connectivity index (χ0) is 8.20. The normalized spacial score (nSPS) is 10.5. The molecule has 0 aromatic rings. The third-order valence-electron chi connectivity index (χ3n) is 1.07. The smallest absolute Gasteiger partial charge is 0.186 e. The van der Waals surface area contributed by atoms with Crippen molar-refractivity contribution in [3.05, 3.63) is 0 Å². The Morgan fingerprint density at radius 1 is 1.36 bits per heavy atom. The van der Waals surface area contributed by atoms with E-state index in [1.165, 1.54) is 11.8 Å². The van der Waals surface area contributed by atoms with Crippen LogP contribution in [0.3, 0.4) is 0 Å². The lowest BCUT2D eigenvalue weighted by molar-refractivity contribution is -0.867. The van der Waals surface area contributed by atoms with Gasteiger partial charge in [-0.2, -0.15) is 0 Å². The largest absolute Gasteiger partial charge is 0.330 e. The van der Waals surface area contributed by atoms with Crippen molar-refractivity contribution >= 4 is 29.3 Å². The van der Waals surface area contributed by atoms with Gasteiger partial charge in [0.05, 0.1) is 33.4 Å². The zero-order valence-electron chi connectivity index (χ0n) is 7.59. The van der Waals surface area contributed by atoms with Crippen molar-refractivity contribution in [3.63, 3.8) is 0 Å². The molecule has 0 N–H and O–H groups in total. The summed E-state index contributed by atoms with van der Waals surface area (Å²) in [5.74, 6) is 0.929. The van der Waals surface area contributed by atoms with E-state index in [4.69, 9.17) is 0 Å². The molecule has 0 saturated heterocycles. The Balaban J connectivity index is 0. The molecule has 0 aromatic heterocycles. The first kappa shape index (κ1) is 13.8. The Morgan fingerprint density at radius 3 is 2.09 bits per heavy atom. The standard InChI is InChI=1S/C7H16NOS.ClH/c1-7(9)10-6-5-8(2,3)4;/h5-6H2,1-4H3;1H/q+1;. The van der Waals surface area contributed by atoms with Gasteiger partial charge < -0.3 is 4.48 Å². The number of quaternary nitrogens is 1. The van der Waals surface area contributed by atoms with E-state index in [0.717, 1.165) is 16.8 Å². The monoisotopic (exact) mass is 198 g/mol. The van der Waals surface area contributed by atoms with Crippen LogP contribution >= 0.6 is 24.2 Å². The van der Waals surface area contributed by atoms with E-state index >= 15 is 0 Å². The van der Waals surface area contributed by atoms with Gasteiger partial charge in [-0.3, -0.25) is 4.79 Å². The molecule has 0 atom stereocenters. The van der Waals surface area contributed by atoms with Gasteiger partial charge in [0, 0.05) is 6.92 Å². The maximum Gasteiger partial charge on any atom is 0.186 e. The highest BCUT2D eigenvalue weighted by molar-refractivity contribution is 8.13. The molecule has 0 radical (unpaired) electrons. The molecule has 2 nitrogen and oxygen atoms in total. The van der Waals surface area contributed by atoms with Gasteiger partial charge in [0.2, 0.25) is 0 Å². The van der Waals surface area contributed by atoms with E-state index in [1.54, 1.807) is 6.92 Å². The topological polar surface area (TPSA) is 17.1 Å². The molecule has 0 amide bonds. The quantitative estimate of drug-likeness (QED) is 0.638. The van der Waals surface area contributed by atoms with Gasteiger partial charge in [0.25, 0.3) is 0 Å². The summed E-state index contributed by atoms with van der Waals surface area (Å²) >= 11 is 1.40. The fourth-order valence-corrected chi connectivity index (χ4v) is 1.39. The maximum absolute atomic E-state index is 10.5. The molecular weight excluding hydrogens is 182 g/mol. The predicted molar refractivity (Wildman–Crippen MR) is 53.3 cm³/mol. The highest BCUT2D eigenvalue weighted by Gasteiger charge is 2.06. The van der Waals surface area contributed by atoms with Gasteiger partial charge >= 0.3 is 0 Å². The third kappa shape index (κ3) is 13.3. The number of halogens is 1. The molecule has 11 heavy (non-hydrogen) atoms. The van der Waals surface area contributed by atoms with Crippen LogP contribution in [0.4, 0.5) is 0 Å². The lowest BCUT2D eigenvalue weighted by Crippen LogP contribution is -2.36. The van der Waals surface area contributed by atoms with Crippen molar-refractivity contribution < 1.29 is 9.28 Å². The number of nitrogens with zero attached hydrogens (tertiary/aromatic N) is 1. The summed E-state index contributed by atoms with van der Waals surface area (Å²) in [6, 6.07) is 0. The molecule has 0 heterocycles. The van der Waals surface area contributed by atoms with Crippen LogP contribution in [0.25, 0.3) is 0 Å². The van der Waals surface area contributed by atoms with E-state index in [0.29, 0.717) is 0 Å². The first-order valence-corrected chi connectivity index (χ1v) is 4.34. The summed E-state index contributed by atoms with van der Waals surface area (Å²) in [7, 11) is 6.38. The SMILES string of the molecule is CC(=O)SCC[N+](C)(C)C.Cl. The second kappa shape index (κ2) is 5.86. The molecular formula is C7H17ClNOS+. The second-order valence-electron chi connectivity index (χ2n) is 3.35. The molecule has 68 valence electrons. The second-order valence-corrected chi connectivity index (χ2v) is 4.63. The van der Waals surface area contributed by atoms with Crippen LogP contribution in [0.5, 0.6) is 0 Å². The van der Waals surface area contributed by atoms with Crippen LogP contribution in [0, 0.1) is 0 Å². The number of thioether (sulfide) groups is 1. The molecule has 0 aliphatic carbocycles. The predicted octanol–water partition coefficient (Wildman–Crippen LogP) is 1.39. The lowest BCUT2D eigenvalue weighted by Gasteiger charge is -2.22. The average Bonchev–Trinajstić information content (AvgIpc) is 1.59. The van der Waals surface area contributed by atoms with Gasteiger partial charge in [-0.25, -0.2) is 0 Å². The maximum atomic E-state index is 10.5. The van der Waals surface area contributed by atoms with Gasteiger partial charge in [0.15, 0.2) is 5.12 Å². The zero-order valence-corrected chi connectivity index (χ0v) is 9.22. The Kier molecular flexibility index (Phi) is 7.37. The highest BCUT2D eigenvalue weighted by atomic mass is 35.5. The lowest BCUT2D eigenvalue weighted by atomic mass is 10.6. The van der Waals surface area contributed by atoms with E-state index in [-0.39, 0.29) is 17.5 Å². The summed E-state index contributed by atoms with van der Waals surface area (Å²) < 4.78 is 0.931. The number of carbonyl (C=O) groups is 1. The van der Waals surface area contributed by atoms with Gasteiger partial charge in [-0.05, 0) is 0 Å². The molecule has 0 fully saturated rings. The minimum absolute atomic E-state index is 0. The van der Waals surface area contributed by atoms with Crippen molar-refractivity contribution in [2.75, 3.05) is 33.4 Å². The van der Waals surface area contributed by atoms with E-state index < -0.39 is 0 Å². The number of hydrogen-bond acceptors (Lipinski definition) is 2. The van der Waals surface area contributed by atoms with Crippen molar-refractivity contribution in [2.24, 2.45) is 0 Å². The summed E-state index contributed by atoms with van der Waals surface area (Å²) in [6.07, 6.45) is 0. The summed E-state index contributed by atoms with van der Waals surface area (Å²) in [5.41, 5.74) is 0. The molecule has 0 unspecified atom stereocenters. The van der Waals surface area contributed by atoms with Crippen molar-refractivity contribution in [1.29, 1.82) is 0 Å². The van der Waals surface area contributed by atoms with Crippen molar-refractivity contribution in [1.82, 2.24) is 0 Å². The Hall–Kier alpha value is 0.270. The molecule has 0 saturated carbocycles. The van der Waals surface area contributed by atoms with Crippen LogP contribution in [-0.2, 0) is 4.79 Å². The van der Waals surface area contributed by atoms with Gasteiger partial charge in [-0.1, -0.05) is 11.8 Å². The van der Waals surface area contributed by atoms with Gasteiger partial charge in [0.1, 0.15) is 0 Å². The average molecular weight is 199 g/mol. The summed E-state index contributed by atoms with van der Waals surface area (Å²) in [6.45, 7) is 2.66. The van der Waals surface area contributed by atoms with E-state index in [1.807, 2.05) is 0 Å². The molecule has 0 aromatic carbocycles. The van der Waals surface area contributed by atoms with Crippen molar-refractivity contribution in [2.45, 2.75) is 6.92 Å². The fourth-order valence-electron chi connectivity index (χ4n) is 0.463. The molecule has 4 heteroatoms. The molecule has 0 aliphatic rings. The Labute approximate surface area is 79.3 Å².